The number of nitrogens with zero attached hydrogens (tertiary/aromatic N) is 1. The van der Waals surface area contributed by atoms with Gasteiger partial charge in [-0.3, -0.25) is 0 Å². The number of aromatic nitrogens is 1. The molecule has 1 aromatic heterocycles. The van der Waals surface area contributed by atoms with Crippen LogP contribution in [0.5, 0.6) is 0 Å². The second-order valence-electron chi connectivity index (χ2n) is 2.99. The molecule has 0 N–H and O–H groups in total. The smallest absolute Gasteiger partial charge is 0.00892 e. The number of rotatable bonds is 0. The Labute approximate surface area is 111 Å². The Balaban J connectivity index is 0.000000381. The van der Waals surface area contributed by atoms with Crippen molar-refractivity contribution in [3.63, 3.8) is 0 Å². The molecule has 2 heteroatoms. The van der Waals surface area contributed by atoms with Gasteiger partial charge in [-0.15, -0.1) is 11.5 Å². The largest absolute Gasteiger partial charge is 0.374 e. The fraction of sp³-hybridized carbons (Fsp3) is 0.250. The van der Waals surface area contributed by atoms with E-state index in [0.29, 0.717) is 0 Å². The molecule has 1 radical (unpaired) electrons. The normalized spacial score (nSPS) is 8.79. The average Bonchev–Trinajstić information content (AvgIpc) is 2.50. The third-order valence-corrected chi connectivity index (χ3v) is 1.73. The van der Waals surface area contributed by atoms with E-state index in [0.717, 1.165) is 0 Å². The first kappa shape index (κ1) is 13.9. The molecule has 0 unspecified atom stereocenters. The van der Waals surface area contributed by atoms with Gasteiger partial charge in [0.1, 0.15) is 0 Å². The van der Waals surface area contributed by atoms with Gasteiger partial charge in [0.2, 0.25) is 0 Å². The van der Waals surface area contributed by atoms with Crippen LogP contribution in [-0.2, 0) is 39.8 Å². The summed E-state index contributed by atoms with van der Waals surface area (Å²) in [4.78, 5) is 0. The van der Waals surface area contributed by atoms with Gasteiger partial charge in [-0.25, -0.2) is 0 Å². The number of aryl methyl sites for hydroxylation is 1. The van der Waals surface area contributed by atoms with Crippen LogP contribution in [0.2, 0.25) is 0 Å². The zero-order valence-corrected chi connectivity index (χ0v) is 11.8. The van der Waals surface area contributed by atoms with E-state index in [9.17, 15) is 0 Å². The van der Waals surface area contributed by atoms with Gasteiger partial charge in [0, 0.05) is 39.8 Å². The molecule has 0 fully saturated rings. The number of hydrogen-bond donors (Lipinski definition) is 0. The van der Waals surface area contributed by atoms with Crippen molar-refractivity contribution in [3.8, 4) is 0 Å². The van der Waals surface area contributed by atoms with Crippen LogP contribution in [-0.4, -0.2) is 4.57 Å². The summed E-state index contributed by atoms with van der Waals surface area (Å²) in [6.07, 6.45) is 4.05. The maximum absolute atomic E-state index is 3.04. The first-order valence-electron chi connectivity index (χ1n) is 4.44. The minimum atomic E-state index is 0. The van der Waals surface area contributed by atoms with Crippen molar-refractivity contribution in [1.29, 1.82) is 0 Å². The minimum Gasteiger partial charge on any atom is -0.374 e. The molecule has 2 rings (SSSR count). The van der Waals surface area contributed by atoms with Gasteiger partial charge >= 0.3 is 0 Å². The summed E-state index contributed by atoms with van der Waals surface area (Å²) in [5.41, 5.74) is 1.26. The van der Waals surface area contributed by atoms with E-state index < -0.39 is 0 Å². The molecule has 1 nitrogen and oxygen atoms in total. The Morgan fingerprint density at radius 2 is 1.93 bits per heavy atom. The standard InChI is InChI=1S/C9H8N.C3H7.Y/c1-10-7-6-8-4-2-3-5-9(8)10;1-3-2;/h3-7H,1H3;3H,1-2H3;/q2*-1;. The number of hydrogen-bond acceptors (Lipinski definition) is 0. The summed E-state index contributed by atoms with van der Waals surface area (Å²) < 4.78 is 2.10. The van der Waals surface area contributed by atoms with Crippen LogP contribution in [0, 0.1) is 12.5 Å². The van der Waals surface area contributed by atoms with Crippen molar-refractivity contribution in [2.24, 2.45) is 7.05 Å². The topological polar surface area (TPSA) is 4.93 Å². The second kappa shape index (κ2) is 7.19. The van der Waals surface area contributed by atoms with Gasteiger partial charge in [0.25, 0.3) is 0 Å². The molecule has 0 bridgehead atoms. The molecule has 0 aliphatic carbocycles. The van der Waals surface area contributed by atoms with Gasteiger partial charge in [-0.05, 0) is 6.20 Å². The Bertz CT molecular complexity index is 365. The monoisotopic (exact) mass is 262 g/mol. The molecule has 0 spiro atoms. The molecule has 0 aliphatic rings. The van der Waals surface area contributed by atoms with Gasteiger partial charge in [-0.2, -0.15) is 32.0 Å². The van der Waals surface area contributed by atoms with Crippen LogP contribution in [0.3, 0.4) is 0 Å². The summed E-state index contributed by atoms with van der Waals surface area (Å²) >= 11 is 0. The molecular formula is C12H15NY-2. The second-order valence-corrected chi connectivity index (χ2v) is 2.99. The molecule has 14 heavy (non-hydrogen) atoms. The zero-order valence-electron chi connectivity index (χ0n) is 8.99. The Kier molecular flexibility index (Phi) is 7.12. The van der Waals surface area contributed by atoms with Crippen molar-refractivity contribution in [1.82, 2.24) is 4.57 Å². The molecule has 1 heterocycles. The molecule has 73 valence electrons. The van der Waals surface area contributed by atoms with Gasteiger partial charge in [0.15, 0.2) is 0 Å². The van der Waals surface area contributed by atoms with E-state index in [1.54, 1.807) is 0 Å². The maximum atomic E-state index is 3.04. The third kappa shape index (κ3) is 3.55. The first-order valence-corrected chi connectivity index (χ1v) is 4.44. The summed E-state index contributed by atoms with van der Waals surface area (Å²) in [6, 6.07) is 11.1. The molecule has 0 aliphatic heterocycles. The van der Waals surface area contributed by atoms with Crippen molar-refractivity contribution < 1.29 is 32.7 Å². The van der Waals surface area contributed by atoms with E-state index in [1.165, 1.54) is 10.9 Å². The first-order chi connectivity index (χ1) is 6.29. The Morgan fingerprint density at radius 1 is 1.29 bits per heavy atom. The van der Waals surface area contributed by atoms with Crippen LogP contribution in [0.15, 0.2) is 30.5 Å². The number of benzene rings is 1. The van der Waals surface area contributed by atoms with E-state index in [-0.39, 0.29) is 32.7 Å². The minimum absolute atomic E-state index is 0. The molecular weight excluding hydrogens is 247 g/mol. The van der Waals surface area contributed by atoms with E-state index >= 15 is 0 Å². The van der Waals surface area contributed by atoms with Gasteiger partial charge in [-0.1, -0.05) is 11.6 Å². The molecule has 0 saturated heterocycles. The van der Waals surface area contributed by atoms with Crippen molar-refractivity contribution in [2.75, 3.05) is 0 Å². The predicted octanol–water partition coefficient (Wildman–Crippen LogP) is 3.21. The molecule has 1 aromatic carbocycles. The van der Waals surface area contributed by atoms with Crippen LogP contribution in [0.1, 0.15) is 13.8 Å². The predicted molar refractivity (Wildman–Crippen MR) is 57.4 cm³/mol. The van der Waals surface area contributed by atoms with Crippen molar-refractivity contribution in [3.05, 3.63) is 42.9 Å². The van der Waals surface area contributed by atoms with E-state index in [1.807, 2.05) is 39.4 Å². The molecule has 0 atom stereocenters. The quantitative estimate of drug-likeness (QED) is 0.642. The third-order valence-electron chi connectivity index (χ3n) is 1.73. The van der Waals surface area contributed by atoms with Crippen LogP contribution in [0.25, 0.3) is 10.9 Å². The summed E-state index contributed by atoms with van der Waals surface area (Å²) in [6.45, 7) is 4.00. The molecule has 2 aromatic rings. The maximum Gasteiger partial charge on any atom is 0.00892 e. The summed E-state index contributed by atoms with van der Waals surface area (Å²) in [7, 11) is 2.04. The van der Waals surface area contributed by atoms with Crippen molar-refractivity contribution in [2.45, 2.75) is 13.8 Å². The SMILES string of the molecule is C[CH-]C.Cn1ccc2c[c-]ccc21.[Y]. The van der Waals surface area contributed by atoms with Crippen LogP contribution in [0.4, 0.5) is 0 Å². The Morgan fingerprint density at radius 3 is 2.50 bits per heavy atom. The van der Waals surface area contributed by atoms with Crippen LogP contribution >= 0.6 is 0 Å². The zero-order chi connectivity index (χ0) is 9.68. The van der Waals surface area contributed by atoms with E-state index in [2.05, 4.69) is 29.0 Å². The van der Waals surface area contributed by atoms with Crippen LogP contribution < -0.4 is 0 Å². The van der Waals surface area contributed by atoms with Gasteiger partial charge < -0.3 is 11.0 Å². The summed E-state index contributed by atoms with van der Waals surface area (Å²) in [5, 5.41) is 1.25. The molecule has 0 amide bonds. The fourth-order valence-corrected chi connectivity index (χ4v) is 1.16. The van der Waals surface area contributed by atoms with Crippen molar-refractivity contribution >= 4 is 10.9 Å². The average molecular weight is 262 g/mol. The molecule has 0 saturated carbocycles. The Hall–Kier alpha value is -0.136. The number of fused-ring (bicyclic) bond motifs is 1. The summed E-state index contributed by atoms with van der Waals surface area (Å²) in [5.74, 6) is 0. The van der Waals surface area contributed by atoms with Gasteiger partial charge in [0.05, 0.1) is 0 Å². The van der Waals surface area contributed by atoms with E-state index in [4.69, 9.17) is 0 Å². The fourth-order valence-electron chi connectivity index (χ4n) is 1.16.